The molecule has 0 saturated carbocycles. The molecule has 2 aromatic carbocycles. The lowest BCUT2D eigenvalue weighted by Gasteiger charge is -2.12. The standard InChI is InChI=1S/C21H19N5O2/c1-14(20-22-11-18(25-20)15-7-3-2-4-8-15)24-19(27)12-26-13-23-17-10-6-5-9-16(17)21(26)28/h2-11,13-14H,12H2,1H3,(H,22,25)(H,24,27)/t14-/m0/s1. The Morgan fingerprint density at radius 1 is 1.11 bits per heavy atom. The lowest BCUT2D eigenvalue weighted by atomic mass is 10.2. The van der Waals surface area contributed by atoms with E-state index in [-0.39, 0.29) is 24.1 Å². The average molecular weight is 373 g/mol. The molecule has 0 fully saturated rings. The molecule has 0 aliphatic rings. The number of rotatable bonds is 5. The molecule has 2 heterocycles. The van der Waals surface area contributed by atoms with E-state index in [1.165, 1.54) is 10.9 Å². The maximum Gasteiger partial charge on any atom is 0.261 e. The normalized spacial score (nSPS) is 12.0. The number of imidazole rings is 1. The summed E-state index contributed by atoms with van der Waals surface area (Å²) in [6.45, 7) is 1.74. The number of nitrogens with zero attached hydrogens (tertiary/aromatic N) is 3. The number of hydrogen-bond acceptors (Lipinski definition) is 4. The van der Waals surface area contributed by atoms with Gasteiger partial charge in [0.25, 0.3) is 5.56 Å². The first-order valence-corrected chi connectivity index (χ1v) is 8.95. The number of para-hydroxylation sites is 1. The third-order valence-electron chi connectivity index (χ3n) is 4.51. The second-order valence-corrected chi connectivity index (χ2v) is 6.53. The Balaban J connectivity index is 1.46. The quantitative estimate of drug-likeness (QED) is 0.562. The van der Waals surface area contributed by atoms with Gasteiger partial charge in [-0.25, -0.2) is 9.97 Å². The molecule has 0 unspecified atom stereocenters. The third-order valence-corrected chi connectivity index (χ3v) is 4.51. The molecule has 7 nitrogen and oxygen atoms in total. The van der Waals surface area contributed by atoms with Gasteiger partial charge in [-0.3, -0.25) is 14.2 Å². The van der Waals surface area contributed by atoms with Crippen molar-refractivity contribution in [2.45, 2.75) is 19.5 Å². The molecule has 2 N–H and O–H groups in total. The second kappa shape index (κ2) is 7.48. The van der Waals surface area contributed by atoms with Gasteiger partial charge in [-0.05, 0) is 24.6 Å². The van der Waals surface area contributed by atoms with Crippen molar-refractivity contribution in [2.75, 3.05) is 0 Å². The third kappa shape index (κ3) is 3.55. The van der Waals surface area contributed by atoms with E-state index in [0.717, 1.165) is 11.3 Å². The molecular formula is C21H19N5O2. The van der Waals surface area contributed by atoms with E-state index in [1.807, 2.05) is 43.3 Å². The zero-order valence-corrected chi connectivity index (χ0v) is 15.3. The molecule has 0 saturated heterocycles. The number of aromatic nitrogens is 4. The largest absolute Gasteiger partial charge is 0.345 e. The molecule has 1 atom stereocenters. The molecule has 1 amide bonds. The van der Waals surface area contributed by atoms with Crippen molar-refractivity contribution in [1.82, 2.24) is 24.8 Å². The van der Waals surface area contributed by atoms with Gasteiger partial charge in [0.1, 0.15) is 12.4 Å². The molecule has 0 aliphatic heterocycles. The number of nitrogens with one attached hydrogen (secondary N) is 2. The van der Waals surface area contributed by atoms with Crippen LogP contribution in [0.2, 0.25) is 0 Å². The van der Waals surface area contributed by atoms with E-state index in [1.54, 1.807) is 24.4 Å². The topological polar surface area (TPSA) is 92.7 Å². The summed E-state index contributed by atoms with van der Waals surface area (Å²) >= 11 is 0. The molecule has 140 valence electrons. The van der Waals surface area contributed by atoms with Crippen LogP contribution in [0.4, 0.5) is 0 Å². The molecular weight excluding hydrogens is 354 g/mol. The lowest BCUT2D eigenvalue weighted by Crippen LogP contribution is -2.34. The Morgan fingerprint density at radius 2 is 1.86 bits per heavy atom. The first-order valence-electron chi connectivity index (χ1n) is 8.95. The number of hydrogen-bond donors (Lipinski definition) is 2. The number of fused-ring (bicyclic) bond motifs is 1. The van der Waals surface area contributed by atoms with E-state index in [4.69, 9.17) is 0 Å². The van der Waals surface area contributed by atoms with Crippen molar-refractivity contribution in [3.8, 4) is 11.3 Å². The van der Waals surface area contributed by atoms with E-state index in [9.17, 15) is 9.59 Å². The predicted molar refractivity (Wildman–Crippen MR) is 107 cm³/mol. The number of carbonyl (C=O) groups excluding carboxylic acids is 1. The summed E-state index contributed by atoms with van der Waals surface area (Å²) in [6.07, 6.45) is 3.14. The Hall–Kier alpha value is -3.74. The Bertz CT molecular complexity index is 1180. The van der Waals surface area contributed by atoms with Gasteiger partial charge in [-0.1, -0.05) is 42.5 Å². The average Bonchev–Trinajstić information content (AvgIpc) is 3.21. The van der Waals surface area contributed by atoms with Crippen LogP contribution in [0.1, 0.15) is 18.8 Å². The maximum absolute atomic E-state index is 12.5. The molecule has 4 aromatic rings. The summed E-state index contributed by atoms with van der Waals surface area (Å²) in [5.74, 6) is 0.362. The maximum atomic E-state index is 12.5. The van der Waals surface area contributed by atoms with Gasteiger partial charge in [0.15, 0.2) is 0 Å². The summed E-state index contributed by atoms with van der Waals surface area (Å²) in [4.78, 5) is 36.7. The van der Waals surface area contributed by atoms with Gasteiger partial charge in [-0.2, -0.15) is 0 Å². The second-order valence-electron chi connectivity index (χ2n) is 6.53. The highest BCUT2D eigenvalue weighted by Gasteiger charge is 2.15. The Kier molecular flexibility index (Phi) is 4.72. The molecule has 0 bridgehead atoms. The first-order chi connectivity index (χ1) is 13.6. The fraction of sp³-hybridized carbons (Fsp3) is 0.143. The van der Waals surface area contributed by atoms with E-state index < -0.39 is 0 Å². The van der Waals surface area contributed by atoms with E-state index in [0.29, 0.717) is 16.7 Å². The molecule has 7 heteroatoms. The summed E-state index contributed by atoms with van der Waals surface area (Å²) in [5, 5.41) is 3.35. The monoisotopic (exact) mass is 373 g/mol. The SMILES string of the molecule is C[C@H](NC(=O)Cn1cnc2ccccc2c1=O)c1ncc(-c2ccccc2)[nH]1. The smallest absolute Gasteiger partial charge is 0.261 e. The molecule has 0 aliphatic carbocycles. The summed E-state index contributed by atoms with van der Waals surface area (Å²) in [5.41, 5.74) is 2.28. The van der Waals surface area contributed by atoms with Gasteiger partial charge in [0, 0.05) is 0 Å². The molecule has 4 rings (SSSR count). The van der Waals surface area contributed by atoms with Crippen LogP contribution in [0.3, 0.4) is 0 Å². The summed E-state index contributed by atoms with van der Waals surface area (Å²) < 4.78 is 1.31. The number of carbonyl (C=O) groups is 1. The summed E-state index contributed by atoms with van der Waals surface area (Å²) in [6, 6.07) is 16.6. The van der Waals surface area contributed by atoms with Crippen LogP contribution in [0.15, 0.2) is 71.9 Å². The van der Waals surface area contributed by atoms with Crippen molar-refractivity contribution >= 4 is 16.8 Å². The zero-order valence-electron chi connectivity index (χ0n) is 15.3. The van der Waals surface area contributed by atoms with Crippen molar-refractivity contribution in [2.24, 2.45) is 0 Å². The zero-order chi connectivity index (χ0) is 19.5. The van der Waals surface area contributed by atoms with Crippen LogP contribution < -0.4 is 10.9 Å². The summed E-state index contributed by atoms with van der Waals surface area (Å²) in [7, 11) is 0. The first kappa shape index (κ1) is 17.7. The van der Waals surface area contributed by atoms with Gasteiger partial charge in [0.2, 0.25) is 5.91 Å². The Labute approximate surface area is 161 Å². The van der Waals surface area contributed by atoms with E-state index >= 15 is 0 Å². The minimum atomic E-state index is -0.325. The molecule has 2 aromatic heterocycles. The molecule has 0 spiro atoms. The molecule has 28 heavy (non-hydrogen) atoms. The van der Waals surface area contributed by atoms with Crippen molar-refractivity contribution in [3.05, 3.63) is 83.3 Å². The number of aromatic amines is 1. The van der Waals surface area contributed by atoms with Crippen molar-refractivity contribution in [1.29, 1.82) is 0 Å². The number of amides is 1. The van der Waals surface area contributed by atoms with Gasteiger partial charge < -0.3 is 10.3 Å². The van der Waals surface area contributed by atoms with Crippen LogP contribution in [0.5, 0.6) is 0 Å². The minimum Gasteiger partial charge on any atom is -0.345 e. The van der Waals surface area contributed by atoms with Crippen LogP contribution in [0, 0.1) is 0 Å². The van der Waals surface area contributed by atoms with Crippen LogP contribution in [-0.4, -0.2) is 25.4 Å². The highest BCUT2D eigenvalue weighted by atomic mass is 16.2. The molecule has 0 radical (unpaired) electrons. The van der Waals surface area contributed by atoms with Crippen LogP contribution in [0.25, 0.3) is 22.2 Å². The van der Waals surface area contributed by atoms with Gasteiger partial charge >= 0.3 is 0 Å². The van der Waals surface area contributed by atoms with Gasteiger partial charge in [0.05, 0.1) is 35.2 Å². The minimum absolute atomic E-state index is 0.104. The Morgan fingerprint density at radius 3 is 2.68 bits per heavy atom. The lowest BCUT2D eigenvalue weighted by molar-refractivity contribution is -0.122. The fourth-order valence-electron chi connectivity index (χ4n) is 3.05. The highest BCUT2D eigenvalue weighted by molar-refractivity contribution is 5.79. The van der Waals surface area contributed by atoms with Crippen LogP contribution >= 0.6 is 0 Å². The predicted octanol–water partition coefficient (Wildman–Crippen LogP) is 2.66. The van der Waals surface area contributed by atoms with Gasteiger partial charge in [-0.15, -0.1) is 0 Å². The van der Waals surface area contributed by atoms with Crippen molar-refractivity contribution in [3.63, 3.8) is 0 Å². The fourth-order valence-corrected chi connectivity index (χ4v) is 3.05. The van der Waals surface area contributed by atoms with E-state index in [2.05, 4.69) is 20.3 Å². The number of H-pyrrole nitrogens is 1. The van der Waals surface area contributed by atoms with Crippen molar-refractivity contribution < 1.29 is 4.79 Å². The van der Waals surface area contributed by atoms with Crippen LogP contribution in [-0.2, 0) is 11.3 Å². The highest BCUT2D eigenvalue weighted by Crippen LogP contribution is 2.18. The number of benzene rings is 2.